The fourth-order valence-electron chi connectivity index (χ4n) is 1.36. The van der Waals surface area contributed by atoms with E-state index in [2.05, 4.69) is 12.5 Å². The van der Waals surface area contributed by atoms with Crippen LogP contribution in [-0.4, -0.2) is 29.2 Å². The van der Waals surface area contributed by atoms with Crippen LogP contribution < -0.4 is 0 Å². The number of Topliss-reactive ketones (excluding diaryl/α,β-unsaturated/α-hetero) is 1. The predicted molar refractivity (Wildman–Crippen MR) is 48.8 cm³/mol. The molecule has 0 aliphatic carbocycles. The van der Waals surface area contributed by atoms with Crippen molar-refractivity contribution in [1.29, 1.82) is 0 Å². The molecule has 3 heteroatoms. The smallest absolute Gasteiger partial charge is 0.246 e. The summed E-state index contributed by atoms with van der Waals surface area (Å²) in [4.78, 5) is 23.8. The van der Waals surface area contributed by atoms with E-state index in [0.29, 0.717) is 13.0 Å². The van der Waals surface area contributed by atoms with Crippen LogP contribution in [0.3, 0.4) is 0 Å². The first-order valence-electron chi connectivity index (χ1n) is 4.10. The summed E-state index contributed by atoms with van der Waals surface area (Å²) in [7, 11) is 0. The lowest BCUT2D eigenvalue weighted by Gasteiger charge is -2.30. The van der Waals surface area contributed by atoms with Crippen LogP contribution in [0.15, 0.2) is 12.7 Å². The molecule has 13 heavy (non-hydrogen) atoms. The number of likely N-dealkylation sites (tertiary alicyclic amines) is 1. The number of carbonyl (C=O) groups is 2. The maximum absolute atomic E-state index is 11.2. The molecule has 1 aliphatic rings. The van der Waals surface area contributed by atoms with Crippen molar-refractivity contribution in [3.8, 4) is 12.3 Å². The fourth-order valence-corrected chi connectivity index (χ4v) is 1.36. The number of hydrogen-bond donors (Lipinski definition) is 0. The third-order valence-electron chi connectivity index (χ3n) is 2.08. The van der Waals surface area contributed by atoms with Gasteiger partial charge in [-0.2, -0.15) is 0 Å². The second-order valence-corrected chi connectivity index (χ2v) is 2.91. The van der Waals surface area contributed by atoms with Gasteiger partial charge in [0.15, 0.2) is 0 Å². The summed E-state index contributed by atoms with van der Waals surface area (Å²) in [5, 5.41) is 0. The van der Waals surface area contributed by atoms with Gasteiger partial charge in [0.05, 0.1) is 6.04 Å². The Morgan fingerprint density at radius 1 is 1.77 bits per heavy atom. The van der Waals surface area contributed by atoms with Crippen LogP contribution in [0.1, 0.15) is 12.8 Å². The SMILES string of the molecule is C#CC1CC(=O)CCN1C(=O)C=C. The molecule has 1 saturated heterocycles. The summed E-state index contributed by atoms with van der Waals surface area (Å²) in [6.45, 7) is 3.79. The van der Waals surface area contributed by atoms with Crippen LogP contribution in [0.4, 0.5) is 0 Å². The van der Waals surface area contributed by atoms with Gasteiger partial charge in [0.25, 0.3) is 0 Å². The van der Waals surface area contributed by atoms with Gasteiger partial charge in [-0.15, -0.1) is 6.42 Å². The monoisotopic (exact) mass is 177 g/mol. The number of hydrogen-bond acceptors (Lipinski definition) is 2. The van der Waals surface area contributed by atoms with Crippen molar-refractivity contribution in [2.24, 2.45) is 0 Å². The number of rotatable bonds is 1. The van der Waals surface area contributed by atoms with E-state index in [1.165, 1.54) is 11.0 Å². The fraction of sp³-hybridized carbons (Fsp3) is 0.400. The molecule has 1 atom stereocenters. The normalized spacial score (nSPS) is 22.2. The van der Waals surface area contributed by atoms with Gasteiger partial charge in [-0.25, -0.2) is 0 Å². The number of amides is 1. The first-order valence-corrected chi connectivity index (χ1v) is 4.10. The average Bonchev–Trinajstić information content (AvgIpc) is 2.16. The highest BCUT2D eigenvalue weighted by Gasteiger charge is 2.27. The zero-order valence-corrected chi connectivity index (χ0v) is 7.32. The van der Waals surface area contributed by atoms with E-state index in [9.17, 15) is 9.59 Å². The Morgan fingerprint density at radius 2 is 2.46 bits per heavy atom. The molecule has 0 aromatic rings. The van der Waals surface area contributed by atoms with Crippen molar-refractivity contribution in [3.05, 3.63) is 12.7 Å². The summed E-state index contributed by atoms with van der Waals surface area (Å²) in [6, 6.07) is -0.383. The Hall–Kier alpha value is -1.56. The Balaban J connectivity index is 2.75. The maximum Gasteiger partial charge on any atom is 0.246 e. The van der Waals surface area contributed by atoms with Gasteiger partial charge in [0.2, 0.25) is 5.91 Å². The Morgan fingerprint density at radius 3 is 3.00 bits per heavy atom. The second-order valence-electron chi connectivity index (χ2n) is 2.91. The highest BCUT2D eigenvalue weighted by Crippen LogP contribution is 2.13. The highest BCUT2D eigenvalue weighted by molar-refractivity contribution is 5.90. The largest absolute Gasteiger partial charge is 0.324 e. The minimum Gasteiger partial charge on any atom is -0.324 e. The zero-order valence-electron chi connectivity index (χ0n) is 7.32. The van der Waals surface area contributed by atoms with Gasteiger partial charge in [-0.05, 0) is 6.08 Å². The molecule has 1 unspecified atom stereocenters. The van der Waals surface area contributed by atoms with E-state index in [1.54, 1.807) is 0 Å². The van der Waals surface area contributed by atoms with E-state index >= 15 is 0 Å². The van der Waals surface area contributed by atoms with Crippen molar-refractivity contribution < 1.29 is 9.59 Å². The van der Waals surface area contributed by atoms with E-state index in [0.717, 1.165) is 0 Å². The molecule has 1 fully saturated rings. The Kier molecular flexibility index (Phi) is 2.86. The Labute approximate surface area is 77.4 Å². The van der Waals surface area contributed by atoms with Crippen LogP contribution in [-0.2, 0) is 9.59 Å². The molecular weight excluding hydrogens is 166 g/mol. The molecule has 0 saturated carbocycles. The molecule has 0 aromatic carbocycles. The number of ketones is 1. The van der Waals surface area contributed by atoms with Crippen molar-refractivity contribution in [3.63, 3.8) is 0 Å². The van der Waals surface area contributed by atoms with Gasteiger partial charge in [0, 0.05) is 19.4 Å². The highest BCUT2D eigenvalue weighted by atomic mass is 16.2. The minimum absolute atomic E-state index is 0.121. The Bertz CT molecular complexity index is 288. The van der Waals surface area contributed by atoms with Crippen molar-refractivity contribution in [2.45, 2.75) is 18.9 Å². The molecule has 0 aromatic heterocycles. The van der Waals surface area contributed by atoms with Crippen LogP contribution in [0.2, 0.25) is 0 Å². The maximum atomic E-state index is 11.2. The molecule has 3 nitrogen and oxygen atoms in total. The third-order valence-corrected chi connectivity index (χ3v) is 2.08. The average molecular weight is 177 g/mol. The van der Waals surface area contributed by atoms with Gasteiger partial charge >= 0.3 is 0 Å². The number of carbonyl (C=O) groups excluding carboxylic acids is 2. The van der Waals surface area contributed by atoms with Crippen LogP contribution in [0.5, 0.6) is 0 Å². The van der Waals surface area contributed by atoms with Crippen molar-refractivity contribution >= 4 is 11.7 Å². The summed E-state index contributed by atoms with van der Waals surface area (Å²) in [5.74, 6) is 2.36. The molecule has 1 rings (SSSR count). The van der Waals surface area contributed by atoms with Crippen molar-refractivity contribution in [2.75, 3.05) is 6.54 Å². The lowest BCUT2D eigenvalue weighted by atomic mass is 10.0. The van der Waals surface area contributed by atoms with E-state index in [-0.39, 0.29) is 24.2 Å². The summed E-state index contributed by atoms with van der Waals surface area (Å²) < 4.78 is 0. The molecule has 0 spiro atoms. The molecule has 0 bridgehead atoms. The van der Waals surface area contributed by atoms with Gasteiger partial charge in [-0.3, -0.25) is 9.59 Å². The minimum atomic E-state index is -0.383. The van der Waals surface area contributed by atoms with Gasteiger partial charge in [-0.1, -0.05) is 12.5 Å². The first kappa shape index (κ1) is 9.53. The quantitative estimate of drug-likeness (QED) is 0.428. The molecule has 0 N–H and O–H groups in total. The molecule has 1 amide bonds. The summed E-state index contributed by atoms with van der Waals surface area (Å²) >= 11 is 0. The second kappa shape index (κ2) is 3.90. The van der Waals surface area contributed by atoms with Crippen molar-refractivity contribution in [1.82, 2.24) is 4.90 Å². The standard InChI is InChI=1S/C10H11NO2/c1-3-8-7-9(12)5-6-11(8)10(13)4-2/h1,4,8H,2,5-7H2. The van der Waals surface area contributed by atoms with Crippen LogP contribution in [0, 0.1) is 12.3 Å². The lowest BCUT2D eigenvalue weighted by Crippen LogP contribution is -2.44. The van der Waals surface area contributed by atoms with Gasteiger partial charge in [0.1, 0.15) is 5.78 Å². The molecule has 68 valence electrons. The molecule has 1 heterocycles. The van der Waals surface area contributed by atoms with E-state index < -0.39 is 0 Å². The first-order chi connectivity index (χ1) is 6.19. The number of piperidine rings is 1. The zero-order chi connectivity index (χ0) is 9.84. The molecule has 1 aliphatic heterocycles. The predicted octanol–water partition coefficient (Wildman–Crippen LogP) is 0.366. The third kappa shape index (κ3) is 1.97. The van der Waals surface area contributed by atoms with E-state index in [4.69, 9.17) is 6.42 Å². The summed E-state index contributed by atoms with van der Waals surface area (Å²) in [5.41, 5.74) is 0. The van der Waals surface area contributed by atoms with E-state index in [1.807, 2.05) is 0 Å². The number of terminal acetylenes is 1. The lowest BCUT2D eigenvalue weighted by molar-refractivity contribution is -0.132. The van der Waals surface area contributed by atoms with Crippen LogP contribution >= 0.6 is 0 Å². The van der Waals surface area contributed by atoms with Crippen LogP contribution in [0.25, 0.3) is 0 Å². The van der Waals surface area contributed by atoms with Gasteiger partial charge < -0.3 is 4.90 Å². The topological polar surface area (TPSA) is 37.4 Å². The number of nitrogens with zero attached hydrogens (tertiary/aromatic N) is 1. The molecular formula is C10H11NO2. The molecule has 0 radical (unpaired) electrons. The summed E-state index contributed by atoms with van der Waals surface area (Å²) in [6.07, 6.45) is 7.11.